The maximum atomic E-state index is 12.4. The Morgan fingerprint density at radius 2 is 1.95 bits per heavy atom. The molecule has 1 aliphatic rings. The average Bonchev–Trinajstić information content (AvgIpc) is 2.93. The van der Waals surface area contributed by atoms with Crippen molar-refractivity contribution in [3.05, 3.63) is 54.1 Å². The van der Waals surface area contributed by atoms with E-state index in [0.29, 0.717) is 23.7 Å². The molecule has 3 aromatic rings. The zero-order valence-electron chi connectivity index (χ0n) is 11.9. The van der Waals surface area contributed by atoms with Gasteiger partial charge in [0.25, 0.3) is 5.91 Å². The molecule has 0 saturated heterocycles. The number of hydrogen-bond acceptors (Lipinski definition) is 4. The van der Waals surface area contributed by atoms with Crippen LogP contribution in [0, 0.1) is 0 Å². The number of ether oxygens (including phenoxy) is 1. The van der Waals surface area contributed by atoms with E-state index in [0.717, 1.165) is 11.8 Å². The Hall–Kier alpha value is -2.82. The number of hydrogen-bond donors (Lipinski definition) is 0. The van der Waals surface area contributed by atoms with Gasteiger partial charge in [0.15, 0.2) is 18.0 Å². The number of benzene rings is 2. The standard InChI is InChI=1S/C17H14N2O3/c20-15-11-21-13-7-4-8-14-16(13)17(18-22-14)19(15)10-9-12-5-2-1-3-6-12/h1-8H,9-11H2. The predicted octanol–water partition coefficient (Wildman–Crippen LogP) is 2.80. The Kier molecular flexibility index (Phi) is 3.04. The second-order valence-corrected chi connectivity index (χ2v) is 5.21. The number of rotatable bonds is 3. The van der Waals surface area contributed by atoms with E-state index in [1.807, 2.05) is 48.5 Å². The fourth-order valence-corrected chi connectivity index (χ4v) is 2.70. The third-order valence-electron chi connectivity index (χ3n) is 3.82. The highest BCUT2D eigenvalue weighted by atomic mass is 16.5. The van der Waals surface area contributed by atoms with Gasteiger partial charge in [0.2, 0.25) is 0 Å². The van der Waals surface area contributed by atoms with Gasteiger partial charge in [0.1, 0.15) is 11.1 Å². The van der Waals surface area contributed by atoms with E-state index >= 15 is 0 Å². The molecule has 0 saturated carbocycles. The lowest BCUT2D eigenvalue weighted by Gasteiger charge is -2.17. The maximum absolute atomic E-state index is 12.4. The summed E-state index contributed by atoms with van der Waals surface area (Å²) in [4.78, 5) is 14.0. The van der Waals surface area contributed by atoms with E-state index in [-0.39, 0.29) is 12.5 Å². The zero-order valence-corrected chi connectivity index (χ0v) is 11.9. The molecule has 0 N–H and O–H groups in total. The highest BCUT2D eigenvalue weighted by molar-refractivity contribution is 6.05. The minimum absolute atomic E-state index is 0.0181. The summed E-state index contributed by atoms with van der Waals surface area (Å²) in [5, 5.41) is 4.85. The van der Waals surface area contributed by atoms with Crippen molar-refractivity contribution in [3.63, 3.8) is 0 Å². The molecule has 2 heterocycles. The highest BCUT2D eigenvalue weighted by Crippen LogP contribution is 2.36. The molecule has 110 valence electrons. The molecular weight excluding hydrogens is 280 g/mol. The minimum Gasteiger partial charge on any atom is -0.483 e. The summed E-state index contributed by atoms with van der Waals surface area (Å²) in [6.45, 7) is 0.562. The average molecular weight is 294 g/mol. The van der Waals surface area contributed by atoms with Crippen molar-refractivity contribution in [1.82, 2.24) is 5.16 Å². The Balaban J connectivity index is 1.69. The third kappa shape index (κ3) is 2.11. The fraction of sp³-hybridized carbons (Fsp3) is 0.176. The Morgan fingerprint density at radius 3 is 2.82 bits per heavy atom. The van der Waals surface area contributed by atoms with Crippen LogP contribution in [0.15, 0.2) is 53.1 Å². The summed E-state index contributed by atoms with van der Waals surface area (Å²) >= 11 is 0. The van der Waals surface area contributed by atoms with Crippen LogP contribution in [0.1, 0.15) is 5.56 Å². The largest absolute Gasteiger partial charge is 0.483 e. The molecule has 1 aliphatic heterocycles. The SMILES string of the molecule is O=C1COc2cccc3onc(c23)N1CCc1ccccc1. The van der Waals surface area contributed by atoms with Crippen molar-refractivity contribution in [2.75, 3.05) is 18.1 Å². The van der Waals surface area contributed by atoms with Gasteiger partial charge in [-0.1, -0.05) is 41.6 Å². The second kappa shape index (κ2) is 5.18. The van der Waals surface area contributed by atoms with Crippen LogP contribution in [-0.4, -0.2) is 24.2 Å². The van der Waals surface area contributed by atoms with Gasteiger partial charge < -0.3 is 9.26 Å². The molecule has 0 spiro atoms. The molecule has 0 unspecified atom stereocenters. The van der Waals surface area contributed by atoms with Gasteiger partial charge in [-0.2, -0.15) is 0 Å². The van der Waals surface area contributed by atoms with Crippen LogP contribution in [-0.2, 0) is 11.2 Å². The summed E-state index contributed by atoms with van der Waals surface area (Å²) < 4.78 is 10.9. The highest BCUT2D eigenvalue weighted by Gasteiger charge is 2.27. The first-order chi connectivity index (χ1) is 10.8. The van der Waals surface area contributed by atoms with Gasteiger partial charge in [-0.3, -0.25) is 9.69 Å². The van der Waals surface area contributed by atoms with Crippen molar-refractivity contribution in [1.29, 1.82) is 0 Å². The second-order valence-electron chi connectivity index (χ2n) is 5.21. The van der Waals surface area contributed by atoms with Crippen LogP contribution in [0.5, 0.6) is 5.75 Å². The van der Waals surface area contributed by atoms with E-state index in [1.54, 1.807) is 4.90 Å². The summed E-state index contributed by atoms with van der Waals surface area (Å²) in [7, 11) is 0. The molecule has 4 rings (SSSR count). The van der Waals surface area contributed by atoms with Gasteiger partial charge >= 0.3 is 0 Å². The summed E-state index contributed by atoms with van der Waals surface area (Å²) in [5.74, 6) is 1.08. The van der Waals surface area contributed by atoms with Crippen molar-refractivity contribution in [2.45, 2.75) is 6.42 Å². The van der Waals surface area contributed by atoms with Crippen molar-refractivity contribution < 1.29 is 14.1 Å². The van der Waals surface area contributed by atoms with Crippen molar-refractivity contribution >= 4 is 22.7 Å². The molecule has 0 fully saturated rings. The van der Waals surface area contributed by atoms with Gasteiger partial charge in [-0.25, -0.2) is 0 Å². The fourth-order valence-electron chi connectivity index (χ4n) is 2.70. The molecular formula is C17H14N2O3. The van der Waals surface area contributed by atoms with E-state index in [1.165, 1.54) is 5.56 Å². The molecule has 5 heteroatoms. The van der Waals surface area contributed by atoms with Crippen LogP contribution in [0.3, 0.4) is 0 Å². The zero-order chi connectivity index (χ0) is 14.9. The molecule has 0 atom stereocenters. The topological polar surface area (TPSA) is 55.6 Å². The molecule has 0 bridgehead atoms. The van der Waals surface area contributed by atoms with Crippen LogP contribution in [0.4, 0.5) is 5.82 Å². The molecule has 0 radical (unpaired) electrons. The Bertz CT molecular complexity index is 826. The van der Waals surface area contributed by atoms with Gasteiger partial charge in [0, 0.05) is 6.54 Å². The number of carbonyl (C=O) groups excluding carboxylic acids is 1. The van der Waals surface area contributed by atoms with E-state index in [4.69, 9.17) is 9.26 Å². The number of carbonyl (C=O) groups is 1. The lowest BCUT2D eigenvalue weighted by molar-refractivity contribution is -0.120. The monoisotopic (exact) mass is 294 g/mol. The van der Waals surface area contributed by atoms with Crippen molar-refractivity contribution in [2.24, 2.45) is 0 Å². The minimum atomic E-state index is -0.109. The predicted molar refractivity (Wildman–Crippen MR) is 82.0 cm³/mol. The van der Waals surface area contributed by atoms with Crippen LogP contribution in [0.2, 0.25) is 0 Å². The lowest BCUT2D eigenvalue weighted by Crippen LogP contribution is -2.35. The summed E-state index contributed by atoms with van der Waals surface area (Å²) in [5.41, 5.74) is 1.81. The van der Waals surface area contributed by atoms with Crippen LogP contribution < -0.4 is 9.64 Å². The molecule has 2 aromatic carbocycles. The van der Waals surface area contributed by atoms with Crippen LogP contribution in [0.25, 0.3) is 11.0 Å². The normalized spacial score (nSPS) is 14.0. The number of amides is 1. The number of aromatic nitrogens is 1. The van der Waals surface area contributed by atoms with Gasteiger partial charge in [-0.05, 0) is 24.1 Å². The lowest BCUT2D eigenvalue weighted by atomic mass is 10.1. The molecule has 0 aliphatic carbocycles. The van der Waals surface area contributed by atoms with Gasteiger partial charge in [-0.15, -0.1) is 0 Å². The summed E-state index contributed by atoms with van der Waals surface area (Å²) in [6, 6.07) is 15.5. The smallest absolute Gasteiger partial charge is 0.266 e. The van der Waals surface area contributed by atoms with E-state index in [9.17, 15) is 4.79 Å². The number of anilines is 1. The Labute approximate surface area is 127 Å². The first-order valence-corrected chi connectivity index (χ1v) is 7.18. The molecule has 22 heavy (non-hydrogen) atoms. The third-order valence-corrected chi connectivity index (χ3v) is 3.82. The first-order valence-electron chi connectivity index (χ1n) is 7.18. The molecule has 1 amide bonds. The number of nitrogens with zero attached hydrogens (tertiary/aromatic N) is 2. The van der Waals surface area contributed by atoms with E-state index in [2.05, 4.69) is 5.16 Å². The Morgan fingerprint density at radius 1 is 1.09 bits per heavy atom. The van der Waals surface area contributed by atoms with E-state index < -0.39 is 0 Å². The summed E-state index contributed by atoms with van der Waals surface area (Å²) in [6.07, 6.45) is 0.753. The van der Waals surface area contributed by atoms with Crippen LogP contribution >= 0.6 is 0 Å². The first kappa shape index (κ1) is 12.9. The van der Waals surface area contributed by atoms with Crippen molar-refractivity contribution in [3.8, 4) is 5.75 Å². The maximum Gasteiger partial charge on any atom is 0.266 e. The quantitative estimate of drug-likeness (QED) is 0.745. The van der Waals surface area contributed by atoms with Gasteiger partial charge in [0.05, 0.1) is 0 Å². The molecule has 1 aromatic heterocycles. The molecule has 5 nitrogen and oxygen atoms in total.